The maximum absolute atomic E-state index is 14.7. The second-order valence-corrected chi connectivity index (χ2v) is 28.2. The Labute approximate surface area is 539 Å². The van der Waals surface area contributed by atoms with Crippen LogP contribution in [-0.4, -0.2) is 91.2 Å². The smallest absolute Gasteiger partial charge is 0.255 e. The van der Waals surface area contributed by atoms with Gasteiger partial charge in [-0.2, -0.15) is 0 Å². The van der Waals surface area contributed by atoms with Crippen LogP contribution in [0.15, 0.2) is 173 Å². The van der Waals surface area contributed by atoms with E-state index in [9.17, 15) is 40.4 Å². The molecule has 0 unspecified atom stereocenters. The van der Waals surface area contributed by atoms with Crippen molar-refractivity contribution >= 4 is 77.0 Å². The number of halogens is 1. The lowest BCUT2D eigenvalue weighted by molar-refractivity contribution is 0.0910. The molecule has 4 N–H and O–H groups in total. The second kappa shape index (κ2) is 25.8. The molecule has 0 bridgehead atoms. The first kappa shape index (κ1) is 65.7. The molecule has 0 aliphatic heterocycles. The number of amides is 4. The van der Waals surface area contributed by atoms with Gasteiger partial charge in [0.15, 0.2) is 0 Å². The molecule has 0 saturated carbocycles. The van der Waals surface area contributed by atoms with Gasteiger partial charge >= 0.3 is 0 Å². The molecule has 2 aromatic heterocycles. The van der Waals surface area contributed by atoms with Gasteiger partial charge < -0.3 is 39.6 Å². The normalized spacial score (nSPS) is 11.9. The molecule has 0 fully saturated rings. The van der Waals surface area contributed by atoms with E-state index in [1.54, 1.807) is 147 Å². The molecule has 10 rings (SSSR count). The van der Waals surface area contributed by atoms with Crippen LogP contribution in [0.2, 0.25) is 0 Å². The zero-order chi connectivity index (χ0) is 67.1. The average molecular weight is 1300 g/mol. The molecular formula is C72H71FN6O12S2. The van der Waals surface area contributed by atoms with Gasteiger partial charge in [0.05, 0.1) is 35.0 Å². The lowest BCUT2D eigenvalue weighted by Crippen LogP contribution is -2.40. The largest absolute Gasteiger partial charge is 0.457 e. The van der Waals surface area contributed by atoms with Crippen LogP contribution >= 0.6 is 0 Å². The fourth-order valence-electron chi connectivity index (χ4n) is 11.1. The third-order valence-electron chi connectivity index (χ3n) is 15.1. The van der Waals surface area contributed by atoms with E-state index in [4.69, 9.17) is 18.3 Å². The van der Waals surface area contributed by atoms with Crippen LogP contribution in [0.3, 0.4) is 0 Å². The minimum absolute atomic E-state index is 0.0253. The summed E-state index contributed by atoms with van der Waals surface area (Å²) in [6.07, 6.45) is 2.20. The van der Waals surface area contributed by atoms with Gasteiger partial charge in [-0.05, 0) is 193 Å². The summed E-state index contributed by atoms with van der Waals surface area (Å²) in [4.78, 5) is 56.0. The third kappa shape index (κ3) is 14.3. The molecule has 93 heavy (non-hydrogen) atoms. The zero-order valence-electron chi connectivity index (χ0n) is 53.5. The first-order valence-electron chi connectivity index (χ1n) is 29.9. The quantitative estimate of drug-likeness (QED) is 0.0592. The van der Waals surface area contributed by atoms with Gasteiger partial charge in [0.2, 0.25) is 20.0 Å². The summed E-state index contributed by atoms with van der Waals surface area (Å²) in [5, 5.41) is 12.3. The Bertz CT molecular complexity index is 4800. The summed E-state index contributed by atoms with van der Waals surface area (Å²) in [6, 6.07) is 45.1. The highest BCUT2D eigenvalue weighted by Gasteiger charge is 2.31. The molecule has 0 radical (unpaired) electrons. The second-order valence-electron chi connectivity index (χ2n) is 24.3. The predicted octanol–water partition coefficient (Wildman–Crippen LogP) is 14.6. The molecule has 8 aromatic carbocycles. The number of sulfonamides is 2. The first-order chi connectivity index (χ1) is 43.9. The highest BCUT2D eigenvalue weighted by molar-refractivity contribution is 7.92. The van der Waals surface area contributed by atoms with Crippen molar-refractivity contribution in [2.45, 2.75) is 66.5 Å². The molecule has 0 saturated heterocycles. The summed E-state index contributed by atoms with van der Waals surface area (Å²) in [6.45, 7) is 14.7. The number of ether oxygens (including phenoxy) is 2. The number of anilines is 2. The number of hydrogen-bond donors (Lipinski definition) is 4. The van der Waals surface area contributed by atoms with Crippen molar-refractivity contribution in [3.05, 3.63) is 192 Å². The number of nitrogens with zero attached hydrogens (tertiary/aromatic N) is 2. The van der Waals surface area contributed by atoms with E-state index >= 15 is 0 Å². The summed E-state index contributed by atoms with van der Waals surface area (Å²) in [7, 11) is -4.78. The minimum Gasteiger partial charge on any atom is -0.457 e. The standard InChI is InChI=1S/C72H71FN6O12S2/c1-13-78(92(11,84)85)59-40-61-57(38-54(59)44-17-15-19-47(35-44)67(80)76-71(3,4)5)63(69(82)74-9)66(90-61)43-23-30-50(31-24-43)89-52-20-16-18-45(36-52)53-34-25-46(37-56(53)68(81)77-72(6,7)8)55-39-58-62(41-60(55)79(14-2)93(12,86)87)91-65(64(58)70(83)75-10)42-21-28-49(29-22-42)88-51-32-26-48(73)27-33-51/h15-41H,13-14H2,1-12H3,(H,74,82)(H,75,83)(H,76,80)(H,77,81). The fraction of sp³-hybridized carbons (Fsp3) is 0.222. The van der Waals surface area contributed by atoms with E-state index in [1.165, 1.54) is 47.0 Å². The van der Waals surface area contributed by atoms with Gasteiger partial charge in [-0.15, -0.1) is 0 Å². The number of furan rings is 2. The Balaban J connectivity index is 1.02. The van der Waals surface area contributed by atoms with Gasteiger partial charge in [0, 0.05) is 94.5 Å². The number of carbonyl (C=O) groups excluding carboxylic acids is 4. The number of nitrogens with one attached hydrogen (secondary N) is 4. The van der Waals surface area contributed by atoms with E-state index in [0.29, 0.717) is 83.8 Å². The van der Waals surface area contributed by atoms with Crippen molar-refractivity contribution in [1.29, 1.82) is 0 Å². The van der Waals surface area contributed by atoms with Crippen molar-refractivity contribution in [3.8, 4) is 79.0 Å². The van der Waals surface area contributed by atoms with Crippen molar-refractivity contribution in [2.24, 2.45) is 0 Å². The highest BCUT2D eigenvalue weighted by atomic mass is 32.2. The monoisotopic (exact) mass is 1290 g/mol. The number of hydrogen-bond acceptors (Lipinski definition) is 12. The summed E-state index contributed by atoms with van der Waals surface area (Å²) in [5.74, 6) is -0.0157. The van der Waals surface area contributed by atoms with Crippen molar-refractivity contribution < 1.29 is 58.7 Å². The highest BCUT2D eigenvalue weighted by Crippen LogP contribution is 2.45. The van der Waals surface area contributed by atoms with E-state index in [0.717, 1.165) is 12.5 Å². The minimum atomic E-state index is -3.93. The van der Waals surface area contributed by atoms with E-state index < -0.39 is 54.7 Å². The molecule has 4 amide bonds. The Hall–Kier alpha value is -10.3. The van der Waals surface area contributed by atoms with Gasteiger partial charge in [-0.3, -0.25) is 27.8 Å². The lowest BCUT2D eigenvalue weighted by atomic mass is 9.92. The number of rotatable bonds is 19. The van der Waals surface area contributed by atoms with E-state index in [2.05, 4.69) is 21.3 Å². The molecule has 0 aliphatic rings. The summed E-state index contributed by atoms with van der Waals surface area (Å²) in [5.41, 5.74) is 4.66. The Kier molecular flexibility index (Phi) is 18.2. The molecule has 0 spiro atoms. The maximum atomic E-state index is 14.7. The van der Waals surface area contributed by atoms with Crippen LogP contribution in [0.4, 0.5) is 15.8 Å². The van der Waals surface area contributed by atoms with Crippen LogP contribution in [-0.2, 0) is 20.0 Å². The van der Waals surface area contributed by atoms with Crippen LogP contribution < -0.4 is 39.4 Å². The number of carbonyl (C=O) groups is 4. The molecule has 480 valence electrons. The Morgan fingerprint density at radius 1 is 0.462 bits per heavy atom. The van der Waals surface area contributed by atoms with Crippen LogP contribution in [0.1, 0.15) is 96.8 Å². The molecule has 2 heterocycles. The van der Waals surface area contributed by atoms with Crippen LogP contribution in [0.5, 0.6) is 23.0 Å². The third-order valence-corrected chi connectivity index (χ3v) is 17.6. The molecule has 10 aromatic rings. The molecule has 21 heteroatoms. The van der Waals surface area contributed by atoms with Gasteiger partial charge in [0.25, 0.3) is 23.6 Å². The molecule has 0 atom stereocenters. The number of fused-ring (bicyclic) bond motifs is 2. The molecular weight excluding hydrogens is 1220 g/mol. The Morgan fingerprint density at radius 2 is 0.871 bits per heavy atom. The predicted molar refractivity (Wildman–Crippen MR) is 363 cm³/mol. The van der Waals surface area contributed by atoms with Gasteiger partial charge in [-0.1, -0.05) is 36.4 Å². The first-order valence-corrected chi connectivity index (χ1v) is 33.6. The molecule has 18 nitrogen and oxygen atoms in total. The molecule has 0 aliphatic carbocycles. The van der Waals surface area contributed by atoms with Gasteiger partial charge in [-0.25, -0.2) is 21.2 Å². The Morgan fingerprint density at radius 3 is 1.31 bits per heavy atom. The summed E-state index contributed by atoms with van der Waals surface area (Å²) >= 11 is 0. The maximum Gasteiger partial charge on any atom is 0.255 e. The fourth-order valence-corrected chi connectivity index (χ4v) is 13.0. The van der Waals surface area contributed by atoms with Crippen LogP contribution in [0, 0.1) is 5.82 Å². The number of benzene rings is 8. The van der Waals surface area contributed by atoms with Crippen LogP contribution in [0.25, 0.3) is 78.0 Å². The van der Waals surface area contributed by atoms with E-state index in [-0.39, 0.29) is 69.7 Å². The summed E-state index contributed by atoms with van der Waals surface area (Å²) < 4.78 is 95.5. The van der Waals surface area contributed by atoms with Crippen molar-refractivity contribution in [1.82, 2.24) is 21.3 Å². The van der Waals surface area contributed by atoms with Crippen molar-refractivity contribution in [3.63, 3.8) is 0 Å². The zero-order valence-corrected chi connectivity index (χ0v) is 55.1. The lowest BCUT2D eigenvalue weighted by Gasteiger charge is -2.25. The van der Waals surface area contributed by atoms with E-state index in [1.807, 2.05) is 47.6 Å². The SMILES string of the molecule is CCN(c1cc2oc(-c3ccc(Oc4cccc(-c5ccc(-c6cc7c(C(=O)NC)c(-c8ccc(Oc9ccc(F)cc9)cc8)oc7cc6N(CC)S(C)(=O)=O)cc5C(=O)NC(C)(C)C)c4)cc3)c(C(=O)NC)c2cc1-c1cccc(C(=O)NC(C)(C)C)c1)S(C)(=O)=O. The van der Waals surface area contributed by atoms with Crippen molar-refractivity contribution in [2.75, 3.05) is 48.3 Å². The van der Waals surface area contributed by atoms with Gasteiger partial charge in [0.1, 0.15) is 51.5 Å². The average Bonchev–Trinajstić information content (AvgIpc) is 1.66. The topological polar surface area (TPSA) is 236 Å².